The number of ether oxygens (including phenoxy) is 1. The molecule has 1 atom stereocenters. The molecule has 0 bridgehead atoms. The van der Waals surface area contributed by atoms with E-state index in [2.05, 4.69) is 4.98 Å². The quantitative estimate of drug-likeness (QED) is 0.748. The fraction of sp³-hybridized carbons (Fsp3) is 0.545. The van der Waals surface area contributed by atoms with Gasteiger partial charge in [-0.3, -0.25) is 0 Å². The average Bonchev–Trinajstić information content (AvgIpc) is 2.42. The van der Waals surface area contributed by atoms with Crippen molar-refractivity contribution in [3.8, 4) is 0 Å². The van der Waals surface area contributed by atoms with Gasteiger partial charge in [-0.2, -0.15) is 0 Å². The van der Waals surface area contributed by atoms with Gasteiger partial charge in [-0.15, -0.1) is 0 Å². The molecule has 4 heteroatoms. The van der Waals surface area contributed by atoms with E-state index in [4.69, 9.17) is 10.5 Å². The average molecular weight is 210 g/mol. The van der Waals surface area contributed by atoms with Crippen molar-refractivity contribution in [2.45, 2.75) is 33.7 Å². The third-order valence-electron chi connectivity index (χ3n) is 2.41. The molecule has 0 amide bonds. The van der Waals surface area contributed by atoms with Crippen molar-refractivity contribution in [3.63, 3.8) is 0 Å². The molecule has 84 valence electrons. The van der Waals surface area contributed by atoms with Crippen LogP contribution in [0.1, 0.15) is 47.2 Å². The number of carbonyl (C=O) groups is 1. The zero-order chi connectivity index (χ0) is 11.6. The highest BCUT2D eigenvalue weighted by atomic mass is 16.5. The molecule has 1 heterocycles. The Morgan fingerprint density at radius 2 is 2.13 bits per heavy atom. The Labute approximate surface area is 89.8 Å². The number of aromatic amines is 1. The van der Waals surface area contributed by atoms with Gasteiger partial charge in [0.25, 0.3) is 0 Å². The minimum atomic E-state index is -0.282. The lowest BCUT2D eigenvalue weighted by molar-refractivity contribution is 0.0525. The van der Waals surface area contributed by atoms with E-state index in [0.717, 1.165) is 17.0 Å². The van der Waals surface area contributed by atoms with Crippen LogP contribution in [-0.2, 0) is 4.74 Å². The van der Waals surface area contributed by atoms with Crippen molar-refractivity contribution >= 4 is 5.97 Å². The van der Waals surface area contributed by atoms with Gasteiger partial charge in [0.15, 0.2) is 0 Å². The molecule has 0 saturated heterocycles. The van der Waals surface area contributed by atoms with Gasteiger partial charge < -0.3 is 15.5 Å². The van der Waals surface area contributed by atoms with Crippen LogP contribution in [0.2, 0.25) is 0 Å². The normalized spacial score (nSPS) is 12.6. The van der Waals surface area contributed by atoms with Gasteiger partial charge >= 0.3 is 5.97 Å². The monoisotopic (exact) mass is 210 g/mol. The van der Waals surface area contributed by atoms with Gasteiger partial charge in [0.05, 0.1) is 12.2 Å². The van der Waals surface area contributed by atoms with Crippen LogP contribution in [0, 0.1) is 13.8 Å². The van der Waals surface area contributed by atoms with Gasteiger partial charge in [-0.1, -0.05) is 0 Å². The summed E-state index contributed by atoms with van der Waals surface area (Å²) >= 11 is 0. The van der Waals surface area contributed by atoms with Crippen LogP contribution in [0.3, 0.4) is 0 Å². The number of hydrogen-bond donors (Lipinski definition) is 2. The van der Waals surface area contributed by atoms with Gasteiger partial charge in [0, 0.05) is 17.4 Å². The highest BCUT2D eigenvalue weighted by Gasteiger charge is 2.20. The van der Waals surface area contributed by atoms with E-state index in [1.807, 2.05) is 20.8 Å². The fourth-order valence-electron chi connectivity index (χ4n) is 1.74. The lowest BCUT2D eigenvalue weighted by Crippen LogP contribution is -2.09. The van der Waals surface area contributed by atoms with E-state index < -0.39 is 0 Å². The molecular formula is C11H18N2O2. The van der Waals surface area contributed by atoms with E-state index in [9.17, 15) is 4.79 Å². The molecule has 0 aliphatic rings. The predicted molar refractivity (Wildman–Crippen MR) is 58.8 cm³/mol. The molecule has 0 spiro atoms. The molecule has 3 N–H and O–H groups in total. The smallest absolute Gasteiger partial charge is 0.340 e. The summed E-state index contributed by atoms with van der Waals surface area (Å²) in [5.41, 5.74) is 9.01. The third kappa shape index (κ3) is 2.21. The van der Waals surface area contributed by atoms with Crippen LogP contribution in [0.25, 0.3) is 0 Å². The topological polar surface area (TPSA) is 68.1 Å². The molecule has 1 aromatic heterocycles. The molecule has 0 radical (unpaired) electrons. The summed E-state index contributed by atoms with van der Waals surface area (Å²) in [7, 11) is 0. The minimum absolute atomic E-state index is 0.105. The van der Waals surface area contributed by atoms with Crippen LogP contribution in [0.4, 0.5) is 0 Å². The summed E-state index contributed by atoms with van der Waals surface area (Å²) in [6.07, 6.45) is 0. The molecule has 0 aromatic carbocycles. The molecule has 15 heavy (non-hydrogen) atoms. The first kappa shape index (κ1) is 11.8. The summed E-state index contributed by atoms with van der Waals surface area (Å²) < 4.78 is 4.98. The Hall–Kier alpha value is -1.29. The standard InChI is InChI=1S/C11H18N2O2/c1-5-15-11(14)9-6(2)10(7(3)12)13-8(9)4/h7,13H,5,12H2,1-4H3. The maximum Gasteiger partial charge on any atom is 0.340 e. The predicted octanol–water partition coefficient (Wildman–Crippen LogP) is 1.83. The molecule has 1 aromatic rings. The van der Waals surface area contributed by atoms with Crippen molar-refractivity contribution in [1.82, 2.24) is 4.98 Å². The number of hydrogen-bond acceptors (Lipinski definition) is 3. The number of aryl methyl sites for hydroxylation is 1. The van der Waals surface area contributed by atoms with Crippen LogP contribution in [-0.4, -0.2) is 17.6 Å². The molecule has 4 nitrogen and oxygen atoms in total. The van der Waals surface area contributed by atoms with Gasteiger partial charge in [-0.25, -0.2) is 4.79 Å². The maximum atomic E-state index is 11.6. The molecule has 0 saturated carbocycles. The molecule has 0 aliphatic heterocycles. The Kier molecular flexibility index (Phi) is 3.52. The van der Waals surface area contributed by atoms with Gasteiger partial charge in [-0.05, 0) is 33.3 Å². The first-order chi connectivity index (χ1) is 6.99. The largest absolute Gasteiger partial charge is 0.462 e. The first-order valence-electron chi connectivity index (χ1n) is 5.10. The van der Waals surface area contributed by atoms with E-state index in [0.29, 0.717) is 12.2 Å². The lowest BCUT2D eigenvalue weighted by Gasteiger charge is -2.04. The van der Waals surface area contributed by atoms with Gasteiger partial charge in [0.1, 0.15) is 0 Å². The van der Waals surface area contributed by atoms with Crippen LogP contribution >= 0.6 is 0 Å². The summed E-state index contributed by atoms with van der Waals surface area (Å²) in [5.74, 6) is -0.282. The second-order valence-corrected chi connectivity index (χ2v) is 3.67. The molecule has 0 aliphatic carbocycles. The summed E-state index contributed by atoms with van der Waals surface area (Å²) in [5, 5.41) is 0. The summed E-state index contributed by atoms with van der Waals surface area (Å²) in [6, 6.07) is -0.105. The molecular weight excluding hydrogens is 192 g/mol. The van der Waals surface area contributed by atoms with E-state index in [1.54, 1.807) is 6.92 Å². The Morgan fingerprint density at radius 1 is 1.53 bits per heavy atom. The number of H-pyrrole nitrogens is 1. The number of aromatic nitrogens is 1. The Balaban J connectivity index is 3.13. The number of carbonyl (C=O) groups excluding carboxylic acids is 1. The lowest BCUT2D eigenvalue weighted by atomic mass is 10.1. The minimum Gasteiger partial charge on any atom is -0.462 e. The highest BCUT2D eigenvalue weighted by Crippen LogP contribution is 2.22. The van der Waals surface area contributed by atoms with E-state index >= 15 is 0 Å². The maximum absolute atomic E-state index is 11.6. The zero-order valence-corrected chi connectivity index (χ0v) is 9.68. The van der Waals surface area contributed by atoms with E-state index in [1.165, 1.54) is 0 Å². The molecule has 1 unspecified atom stereocenters. The number of rotatable bonds is 3. The van der Waals surface area contributed by atoms with Crippen LogP contribution in [0.15, 0.2) is 0 Å². The van der Waals surface area contributed by atoms with Crippen molar-refractivity contribution in [1.29, 1.82) is 0 Å². The van der Waals surface area contributed by atoms with Crippen molar-refractivity contribution < 1.29 is 9.53 Å². The Morgan fingerprint density at radius 3 is 2.53 bits per heavy atom. The van der Waals surface area contributed by atoms with Crippen molar-refractivity contribution in [3.05, 3.63) is 22.5 Å². The number of esters is 1. The number of nitrogens with one attached hydrogen (secondary N) is 1. The Bertz CT molecular complexity index is 367. The third-order valence-corrected chi connectivity index (χ3v) is 2.41. The molecule has 0 fully saturated rings. The van der Waals surface area contributed by atoms with E-state index in [-0.39, 0.29) is 12.0 Å². The highest BCUT2D eigenvalue weighted by molar-refractivity contribution is 5.92. The summed E-state index contributed by atoms with van der Waals surface area (Å²) in [4.78, 5) is 14.8. The number of nitrogens with two attached hydrogens (primary N) is 1. The van der Waals surface area contributed by atoms with Crippen molar-refractivity contribution in [2.24, 2.45) is 5.73 Å². The van der Waals surface area contributed by atoms with Gasteiger partial charge in [0.2, 0.25) is 0 Å². The fourth-order valence-corrected chi connectivity index (χ4v) is 1.74. The zero-order valence-electron chi connectivity index (χ0n) is 9.68. The first-order valence-corrected chi connectivity index (χ1v) is 5.10. The van der Waals surface area contributed by atoms with Crippen LogP contribution < -0.4 is 5.73 Å². The second kappa shape index (κ2) is 4.49. The summed E-state index contributed by atoms with van der Waals surface area (Å²) in [6.45, 7) is 7.80. The van der Waals surface area contributed by atoms with Crippen molar-refractivity contribution in [2.75, 3.05) is 6.61 Å². The van der Waals surface area contributed by atoms with Crippen LogP contribution in [0.5, 0.6) is 0 Å². The second-order valence-electron chi connectivity index (χ2n) is 3.67. The molecule has 1 rings (SSSR count). The SMILES string of the molecule is CCOC(=O)c1c(C)[nH]c(C(C)N)c1C.